The van der Waals surface area contributed by atoms with Crippen molar-refractivity contribution < 1.29 is 22.8 Å². The van der Waals surface area contributed by atoms with Crippen molar-refractivity contribution in [2.24, 2.45) is 0 Å². The van der Waals surface area contributed by atoms with Gasteiger partial charge in [0.2, 0.25) is 0 Å². The van der Waals surface area contributed by atoms with Crippen LogP contribution < -0.4 is 4.74 Å². The number of nitrogens with zero attached hydrogens (tertiary/aromatic N) is 4. The number of hydrogen-bond donors (Lipinski definition) is 0. The van der Waals surface area contributed by atoms with Crippen molar-refractivity contribution in [2.75, 3.05) is 0 Å². The second-order valence-corrected chi connectivity index (χ2v) is 8.82. The number of rotatable bonds is 6. The number of aromatic nitrogens is 3. The van der Waals surface area contributed by atoms with Crippen LogP contribution >= 0.6 is 0 Å². The fourth-order valence-corrected chi connectivity index (χ4v) is 4.25. The summed E-state index contributed by atoms with van der Waals surface area (Å²) < 4.78 is 49.5. The summed E-state index contributed by atoms with van der Waals surface area (Å²) in [6.07, 6.45) is -4.65. The molecule has 0 amide bonds. The number of hydrogen-bond acceptors (Lipinski definition) is 5. The van der Waals surface area contributed by atoms with E-state index in [1.165, 1.54) is 35.9 Å². The van der Waals surface area contributed by atoms with Crippen molar-refractivity contribution in [1.29, 1.82) is 0 Å². The predicted octanol–water partition coefficient (Wildman–Crippen LogP) is 7.21. The molecule has 0 fully saturated rings. The van der Waals surface area contributed by atoms with E-state index in [0.717, 1.165) is 17.2 Å². The summed E-state index contributed by atoms with van der Waals surface area (Å²) in [7, 11) is 0. The minimum Gasteiger partial charge on any atom is -0.489 e. The van der Waals surface area contributed by atoms with E-state index in [1.807, 2.05) is 31.2 Å². The number of nitro benzene ring substituents is 1. The summed E-state index contributed by atoms with van der Waals surface area (Å²) in [6, 6.07) is 21.0. The summed E-state index contributed by atoms with van der Waals surface area (Å²) in [5, 5.41) is 15.2. The molecular weight excluding hydrogens is 497 g/mol. The number of fused-ring (bicyclic) bond motifs is 1. The topological polar surface area (TPSA) is 83.1 Å². The molecule has 192 valence electrons. The zero-order valence-corrected chi connectivity index (χ0v) is 20.4. The van der Waals surface area contributed by atoms with Crippen molar-refractivity contribution in [2.45, 2.75) is 26.6 Å². The highest BCUT2D eigenvalue weighted by Gasteiger charge is 2.36. The quantitative estimate of drug-likeness (QED) is 0.175. The molecule has 5 aromatic rings. The maximum absolute atomic E-state index is 14.1. The standard InChI is InChI=1S/C28H21F3N4O3/c1-17-4-3-5-19(14-17)16-38-23-12-6-20(7-13-23)25-15-24(28(29,30)31)26-18(2)33-34(27(26)32-25)21-8-10-22(11-9-21)35(36)37/h3-15H,16H2,1-2H3. The monoisotopic (exact) mass is 518 g/mol. The summed E-state index contributed by atoms with van der Waals surface area (Å²) in [6.45, 7) is 3.82. The molecule has 0 bridgehead atoms. The highest BCUT2D eigenvalue weighted by atomic mass is 19.4. The third-order valence-corrected chi connectivity index (χ3v) is 6.06. The zero-order valence-electron chi connectivity index (χ0n) is 20.4. The Hall–Kier alpha value is -4.73. The highest BCUT2D eigenvalue weighted by Crippen LogP contribution is 2.39. The van der Waals surface area contributed by atoms with Gasteiger partial charge in [-0.05, 0) is 61.9 Å². The molecule has 5 rings (SSSR count). The van der Waals surface area contributed by atoms with Gasteiger partial charge in [0, 0.05) is 17.7 Å². The number of ether oxygens (including phenoxy) is 1. The summed E-state index contributed by atoms with van der Waals surface area (Å²) in [4.78, 5) is 15.0. The summed E-state index contributed by atoms with van der Waals surface area (Å²) >= 11 is 0. The van der Waals surface area contributed by atoms with Gasteiger partial charge in [0.05, 0.1) is 32.9 Å². The number of non-ortho nitro benzene ring substituents is 1. The van der Waals surface area contributed by atoms with Crippen LogP contribution in [0.2, 0.25) is 0 Å². The average Bonchev–Trinajstić information content (AvgIpc) is 3.23. The van der Waals surface area contributed by atoms with E-state index in [9.17, 15) is 23.3 Å². The first kappa shape index (κ1) is 24.9. The second kappa shape index (κ2) is 9.62. The average molecular weight is 518 g/mol. The first-order valence-corrected chi connectivity index (χ1v) is 11.6. The molecule has 0 unspecified atom stereocenters. The van der Waals surface area contributed by atoms with Gasteiger partial charge in [0.1, 0.15) is 12.4 Å². The van der Waals surface area contributed by atoms with Crippen LogP contribution in [0.25, 0.3) is 28.0 Å². The molecule has 0 aliphatic rings. The molecule has 0 saturated carbocycles. The van der Waals surface area contributed by atoms with Crippen LogP contribution in [-0.4, -0.2) is 19.7 Å². The van der Waals surface area contributed by atoms with E-state index in [1.54, 1.807) is 24.3 Å². The van der Waals surface area contributed by atoms with Crippen LogP contribution in [0.3, 0.4) is 0 Å². The van der Waals surface area contributed by atoms with Crippen molar-refractivity contribution in [3.8, 4) is 22.7 Å². The molecule has 2 heterocycles. The Balaban J connectivity index is 1.54. The first-order valence-electron chi connectivity index (χ1n) is 11.6. The highest BCUT2D eigenvalue weighted by molar-refractivity contribution is 5.87. The smallest absolute Gasteiger partial charge is 0.417 e. The normalized spacial score (nSPS) is 11.6. The number of pyridine rings is 1. The van der Waals surface area contributed by atoms with Gasteiger partial charge in [-0.3, -0.25) is 10.1 Å². The van der Waals surface area contributed by atoms with Gasteiger partial charge < -0.3 is 4.74 Å². The predicted molar refractivity (Wildman–Crippen MR) is 136 cm³/mol. The molecule has 0 saturated heterocycles. The van der Waals surface area contributed by atoms with Gasteiger partial charge in [-0.1, -0.05) is 29.8 Å². The maximum atomic E-state index is 14.1. The van der Waals surface area contributed by atoms with Crippen LogP contribution in [0.1, 0.15) is 22.4 Å². The van der Waals surface area contributed by atoms with Gasteiger partial charge >= 0.3 is 6.18 Å². The van der Waals surface area contributed by atoms with Gasteiger partial charge in [-0.25, -0.2) is 9.67 Å². The maximum Gasteiger partial charge on any atom is 0.417 e. The van der Waals surface area contributed by atoms with Crippen LogP contribution in [-0.2, 0) is 12.8 Å². The molecule has 0 N–H and O–H groups in total. The Bertz CT molecular complexity index is 1640. The number of alkyl halides is 3. The van der Waals surface area contributed by atoms with E-state index in [0.29, 0.717) is 23.6 Å². The van der Waals surface area contributed by atoms with Crippen molar-refractivity contribution in [3.05, 3.63) is 111 Å². The largest absolute Gasteiger partial charge is 0.489 e. The Morgan fingerprint density at radius 2 is 1.68 bits per heavy atom. The van der Waals surface area contributed by atoms with Crippen molar-refractivity contribution in [3.63, 3.8) is 0 Å². The van der Waals surface area contributed by atoms with Gasteiger partial charge in [0.15, 0.2) is 5.65 Å². The van der Waals surface area contributed by atoms with Gasteiger partial charge in [-0.15, -0.1) is 0 Å². The molecular formula is C28H21F3N4O3. The van der Waals surface area contributed by atoms with E-state index in [-0.39, 0.29) is 28.1 Å². The molecule has 3 aromatic carbocycles. The third kappa shape index (κ3) is 4.93. The second-order valence-electron chi connectivity index (χ2n) is 8.82. The third-order valence-electron chi connectivity index (χ3n) is 6.06. The number of halogens is 3. The molecule has 0 atom stereocenters. The van der Waals surface area contributed by atoms with E-state index < -0.39 is 16.7 Å². The number of aryl methyl sites for hydroxylation is 2. The van der Waals surface area contributed by atoms with E-state index in [4.69, 9.17) is 4.74 Å². The molecule has 0 aliphatic carbocycles. The Kier molecular flexibility index (Phi) is 6.31. The zero-order chi connectivity index (χ0) is 27.0. The van der Waals surface area contributed by atoms with Crippen molar-refractivity contribution >= 4 is 16.7 Å². The Labute approximate surface area is 215 Å². The lowest BCUT2D eigenvalue weighted by Crippen LogP contribution is -2.08. The Morgan fingerprint density at radius 1 is 0.974 bits per heavy atom. The molecule has 0 spiro atoms. The SMILES string of the molecule is Cc1cccc(COc2ccc(-c3cc(C(F)(F)F)c4c(C)nn(-c5ccc([N+](=O)[O-])cc5)c4n3)cc2)c1. The lowest BCUT2D eigenvalue weighted by molar-refractivity contribution is -0.384. The molecule has 0 aliphatic heterocycles. The first-order chi connectivity index (χ1) is 18.1. The number of nitro groups is 1. The van der Waals surface area contributed by atoms with Crippen molar-refractivity contribution in [1.82, 2.24) is 14.8 Å². The van der Waals surface area contributed by atoms with E-state index in [2.05, 4.69) is 10.1 Å². The van der Waals surface area contributed by atoms with Crippen LogP contribution in [0.5, 0.6) is 5.75 Å². The lowest BCUT2D eigenvalue weighted by atomic mass is 10.0. The molecule has 38 heavy (non-hydrogen) atoms. The minimum absolute atomic E-state index is 0.000881. The number of benzene rings is 3. The lowest BCUT2D eigenvalue weighted by Gasteiger charge is -2.12. The fraction of sp³-hybridized carbons (Fsp3) is 0.143. The van der Waals surface area contributed by atoms with Crippen LogP contribution in [0, 0.1) is 24.0 Å². The van der Waals surface area contributed by atoms with E-state index >= 15 is 0 Å². The van der Waals surface area contributed by atoms with Crippen LogP contribution in [0.4, 0.5) is 18.9 Å². The van der Waals surface area contributed by atoms with Crippen LogP contribution in [0.15, 0.2) is 78.9 Å². The summed E-state index contributed by atoms with van der Waals surface area (Å²) in [5.41, 5.74) is 2.20. The molecule has 0 radical (unpaired) electrons. The summed E-state index contributed by atoms with van der Waals surface area (Å²) in [5.74, 6) is 0.569. The molecule has 2 aromatic heterocycles. The van der Waals surface area contributed by atoms with Gasteiger partial charge in [0.25, 0.3) is 5.69 Å². The fourth-order valence-electron chi connectivity index (χ4n) is 4.25. The molecule has 10 heteroatoms. The Morgan fingerprint density at radius 3 is 2.32 bits per heavy atom. The minimum atomic E-state index is -4.65. The molecule has 7 nitrogen and oxygen atoms in total. The van der Waals surface area contributed by atoms with Gasteiger partial charge in [-0.2, -0.15) is 18.3 Å².